The van der Waals surface area contributed by atoms with Crippen molar-refractivity contribution in [2.45, 2.75) is 33.2 Å². The van der Waals surface area contributed by atoms with E-state index in [1.54, 1.807) is 0 Å². The largest absolute Gasteiger partial charge is 0.465 e. The Kier molecular flexibility index (Phi) is 5.14. The number of aryl methyl sites for hydroxylation is 1. The van der Waals surface area contributed by atoms with Crippen LogP contribution in [0, 0.1) is 12.8 Å². The summed E-state index contributed by atoms with van der Waals surface area (Å²) in [5, 5.41) is 6.65. The summed E-state index contributed by atoms with van der Waals surface area (Å²) in [5.41, 5.74) is 2.02. The molecule has 7 nitrogen and oxygen atoms in total. The molecule has 0 bridgehead atoms. The van der Waals surface area contributed by atoms with Crippen LogP contribution in [-0.4, -0.2) is 29.1 Å². The van der Waals surface area contributed by atoms with Crippen molar-refractivity contribution in [1.29, 1.82) is 0 Å². The van der Waals surface area contributed by atoms with Gasteiger partial charge in [-0.05, 0) is 62.1 Å². The molecule has 1 fully saturated rings. The predicted octanol–water partition coefficient (Wildman–Crippen LogP) is 3.80. The van der Waals surface area contributed by atoms with E-state index in [0.717, 1.165) is 30.3 Å². The molecule has 1 aliphatic heterocycles. The molecule has 0 aliphatic carbocycles. The highest BCUT2D eigenvalue weighted by Gasteiger charge is 2.18. The lowest BCUT2D eigenvalue weighted by atomic mass is 9.98. The van der Waals surface area contributed by atoms with Gasteiger partial charge in [-0.3, -0.25) is 4.79 Å². The number of piperidine rings is 1. The second kappa shape index (κ2) is 7.88. The molecule has 0 spiro atoms. The van der Waals surface area contributed by atoms with E-state index < -0.39 is 5.91 Å². The minimum Gasteiger partial charge on any atom is -0.465 e. The lowest BCUT2D eigenvalue weighted by Crippen LogP contribution is -2.32. The fourth-order valence-electron chi connectivity index (χ4n) is 3.34. The molecule has 1 aromatic carbocycles. The molecule has 7 heteroatoms. The third-order valence-corrected chi connectivity index (χ3v) is 5.11. The topological polar surface area (TPSA) is 84.4 Å². The summed E-state index contributed by atoms with van der Waals surface area (Å²) < 4.78 is 10.5. The molecule has 0 unspecified atom stereocenters. The predicted molar refractivity (Wildman–Crippen MR) is 105 cm³/mol. The van der Waals surface area contributed by atoms with Crippen molar-refractivity contribution >= 4 is 11.6 Å². The number of nitrogens with zero attached hydrogens (tertiary/aromatic N) is 3. The standard InChI is InChI=1S/C21H24N4O3/c1-14-9-11-25(12-10-14)17-6-4-16(5-7-17)19-23-21(28-24-19)20(26)22-13-18-8-3-15(2)27-18/h3-8,14H,9-13H2,1-2H3,(H,22,26). The molecular weight excluding hydrogens is 356 g/mol. The quantitative estimate of drug-likeness (QED) is 0.725. The van der Waals surface area contributed by atoms with Crippen LogP contribution in [0.5, 0.6) is 0 Å². The number of hydrogen-bond donors (Lipinski definition) is 1. The van der Waals surface area contributed by atoms with Crippen LogP contribution in [0.15, 0.2) is 45.3 Å². The first-order valence-corrected chi connectivity index (χ1v) is 9.61. The number of benzene rings is 1. The molecule has 1 amide bonds. The lowest BCUT2D eigenvalue weighted by Gasteiger charge is -2.32. The van der Waals surface area contributed by atoms with Gasteiger partial charge in [0.05, 0.1) is 6.54 Å². The van der Waals surface area contributed by atoms with E-state index in [2.05, 4.69) is 39.4 Å². The number of nitrogens with one attached hydrogen (secondary N) is 1. The van der Waals surface area contributed by atoms with E-state index in [-0.39, 0.29) is 12.4 Å². The van der Waals surface area contributed by atoms with Crippen molar-refractivity contribution < 1.29 is 13.7 Å². The Morgan fingerprint density at radius 3 is 2.61 bits per heavy atom. The highest BCUT2D eigenvalue weighted by atomic mass is 16.5. The molecular formula is C21H24N4O3. The molecule has 0 radical (unpaired) electrons. The van der Waals surface area contributed by atoms with Crippen molar-refractivity contribution in [2.24, 2.45) is 5.92 Å². The summed E-state index contributed by atoms with van der Waals surface area (Å²) in [7, 11) is 0. The van der Waals surface area contributed by atoms with Gasteiger partial charge in [-0.2, -0.15) is 4.98 Å². The molecule has 0 saturated carbocycles. The fourth-order valence-corrected chi connectivity index (χ4v) is 3.34. The Morgan fingerprint density at radius 2 is 1.93 bits per heavy atom. The van der Waals surface area contributed by atoms with Crippen molar-refractivity contribution in [3.8, 4) is 11.4 Å². The van der Waals surface area contributed by atoms with Crippen molar-refractivity contribution in [1.82, 2.24) is 15.5 Å². The van der Waals surface area contributed by atoms with E-state index in [1.807, 2.05) is 31.2 Å². The average molecular weight is 380 g/mol. The normalized spacial score (nSPS) is 15.0. The molecule has 0 atom stereocenters. The molecule has 3 aromatic rings. The fraction of sp³-hybridized carbons (Fsp3) is 0.381. The van der Waals surface area contributed by atoms with Gasteiger partial charge in [0, 0.05) is 24.3 Å². The van der Waals surface area contributed by atoms with Crippen LogP contribution in [0.2, 0.25) is 0 Å². The number of rotatable bonds is 5. The molecule has 2 aromatic heterocycles. The van der Waals surface area contributed by atoms with Gasteiger partial charge >= 0.3 is 11.8 Å². The number of aromatic nitrogens is 2. The molecule has 28 heavy (non-hydrogen) atoms. The number of carbonyl (C=O) groups excluding carboxylic acids is 1. The highest BCUT2D eigenvalue weighted by Crippen LogP contribution is 2.25. The first kappa shape index (κ1) is 18.3. The van der Waals surface area contributed by atoms with E-state index in [9.17, 15) is 4.79 Å². The van der Waals surface area contributed by atoms with E-state index in [1.165, 1.54) is 18.5 Å². The summed E-state index contributed by atoms with van der Waals surface area (Å²) in [6.45, 7) is 6.60. The maximum atomic E-state index is 12.2. The third kappa shape index (κ3) is 4.08. The Hall–Kier alpha value is -3.09. The minimum absolute atomic E-state index is 0.0626. The Bertz CT molecular complexity index is 937. The van der Waals surface area contributed by atoms with Gasteiger partial charge in [0.25, 0.3) is 0 Å². The SMILES string of the molecule is Cc1ccc(CNC(=O)c2nc(-c3ccc(N4CCC(C)CC4)cc3)no2)o1. The number of anilines is 1. The van der Waals surface area contributed by atoms with E-state index in [4.69, 9.17) is 8.94 Å². The van der Waals surface area contributed by atoms with E-state index >= 15 is 0 Å². The Balaban J connectivity index is 1.38. The molecule has 1 aliphatic rings. The first-order chi connectivity index (χ1) is 13.6. The summed E-state index contributed by atoms with van der Waals surface area (Å²) in [5.74, 6) is 2.19. The molecule has 1 saturated heterocycles. The summed E-state index contributed by atoms with van der Waals surface area (Å²) in [6.07, 6.45) is 2.45. The first-order valence-electron chi connectivity index (χ1n) is 9.61. The molecule has 4 rings (SSSR count). The minimum atomic E-state index is -0.424. The maximum Gasteiger partial charge on any atom is 0.316 e. The zero-order valence-electron chi connectivity index (χ0n) is 16.1. The third-order valence-electron chi connectivity index (χ3n) is 5.11. The van der Waals surface area contributed by atoms with Crippen LogP contribution < -0.4 is 10.2 Å². The van der Waals surface area contributed by atoms with Gasteiger partial charge in [-0.15, -0.1) is 0 Å². The summed E-state index contributed by atoms with van der Waals surface area (Å²) in [6, 6.07) is 11.7. The van der Waals surface area contributed by atoms with Crippen LogP contribution >= 0.6 is 0 Å². The van der Waals surface area contributed by atoms with Crippen LogP contribution in [0.4, 0.5) is 5.69 Å². The zero-order chi connectivity index (χ0) is 19.5. The van der Waals surface area contributed by atoms with Crippen molar-refractivity contribution in [3.05, 3.63) is 53.8 Å². The van der Waals surface area contributed by atoms with Crippen LogP contribution in [0.1, 0.15) is 42.0 Å². The van der Waals surface area contributed by atoms with Gasteiger partial charge in [0.1, 0.15) is 11.5 Å². The van der Waals surface area contributed by atoms with Gasteiger partial charge in [0.2, 0.25) is 5.82 Å². The smallest absolute Gasteiger partial charge is 0.316 e. The summed E-state index contributed by atoms with van der Waals surface area (Å²) >= 11 is 0. The van der Waals surface area contributed by atoms with Crippen molar-refractivity contribution in [3.63, 3.8) is 0 Å². The average Bonchev–Trinajstić information content (AvgIpc) is 3.36. The molecule has 146 valence electrons. The number of hydrogen-bond acceptors (Lipinski definition) is 6. The van der Waals surface area contributed by atoms with Gasteiger partial charge in [-0.25, -0.2) is 0 Å². The van der Waals surface area contributed by atoms with Crippen LogP contribution in [-0.2, 0) is 6.54 Å². The monoisotopic (exact) mass is 380 g/mol. The second-order valence-corrected chi connectivity index (χ2v) is 7.33. The van der Waals surface area contributed by atoms with Gasteiger partial charge < -0.3 is 19.2 Å². The second-order valence-electron chi connectivity index (χ2n) is 7.33. The lowest BCUT2D eigenvalue weighted by molar-refractivity contribution is 0.0904. The van der Waals surface area contributed by atoms with Gasteiger partial charge in [-0.1, -0.05) is 12.1 Å². The summed E-state index contributed by atoms with van der Waals surface area (Å²) in [4.78, 5) is 18.8. The zero-order valence-corrected chi connectivity index (χ0v) is 16.1. The van der Waals surface area contributed by atoms with Crippen LogP contribution in [0.3, 0.4) is 0 Å². The molecule has 1 N–H and O–H groups in total. The number of carbonyl (C=O) groups is 1. The Labute approximate surface area is 163 Å². The van der Waals surface area contributed by atoms with E-state index in [0.29, 0.717) is 11.6 Å². The number of amides is 1. The molecule has 3 heterocycles. The van der Waals surface area contributed by atoms with Crippen LogP contribution in [0.25, 0.3) is 11.4 Å². The van der Waals surface area contributed by atoms with Gasteiger partial charge in [0.15, 0.2) is 0 Å². The Morgan fingerprint density at radius 1 is 1.18 bits per heavy atom. The highest BCUT2D eigenvalue weighted by molar-refractivity contribution is 5.89. The number of furan rings is 1. The maximum absolute atomic E-state index is 12.2. The van der Waals surface area contributed by atoms with Crippen molar-refractivity contribution in [2.75, 3.05) is 18.0 Å².